The number of piperazine rings is 1. The lowest BCUT2D eigenvalue weighted by Gasteiger charge is -2.41. The van der Waals surface area contributed by atoms with Crippen LogP contribution in [0.3, 0.4) is 0 Å². The number of likely N-dealkylation sites (N-methyl/N-ethyl adjacent to an activating group) is 1. The Morgan fingerprint density at radius 1 is 1.26 bits per heavy atom. The number of nitrogens with zero attached hydrogens (tertiary/aromatic N) is 3. The van der Waals surface area contributed by atoms with Crippen LogP contribution >= 0.6 is 11.6 Å². The highest BCUT2D eigenvalue weighted by Crippen LogP contribution is 2.21. The molecular formula is C11H21ClN3O3S. The summed E-state index contributed by atoms with van der Waals surface area (Å²) in [5.41, 5.74) is -0.322. The predicted octanol–water partition coefficient (Wildman–Crippen LogP) is -0.379. The summed E-state index contributed by atoms with van der Waals surface area (Å²) in [6.45, 7) is 7.58. The van der Waals surface area contributed by atoms with Gasteiger partial charge in [0.1, 0.15) is 5.37 Å². The summed E-state index contributed by atoms with van der Waals surface area (Å²) in [6, 6.07) is 0. The Bertz CT molecular complexity index is 400. The van der Waals surface area contributed by atoms with Crippen LogP contribution in [-0.4, -0.2) is 86.4 Å². The first kappa shape index (κ1) is 15.5. The van der Waals surface area contributed by atoms with Crippen LogP contribution in [0.25, 0.3) is 0 Å². The van der Waals surface area contributed by atoms with Gasteiger partial charge in [0, 0.05) is 32.7 Å². The van der Waals surface area contributed by atoms with E-state index in [2.05, 4.69) is 11.8 Å². The van der Waals surface area contributed by atoms with Crippen LogP contribution in [0, 0.1) is 6.92 Å². The maximum Gasteiger partial charge on any atom is 0.230 e. The Morgan fingerprint density at radius 2 is 1.89 bits per heavy atom. The molecule has 2 fully saturated rings. The second-order valence-electron chi connectivity index (χ2n) is 4.95. The Labute approximate surface area is 120 Å². The highest BCUT2D eigenvalue weighted by atomic mass is 35.5. The molecule has 111 valence electrons. The van der Waals surface area contributed by atoms with Gasteiger partial charge in [-0.2, -0.15) is 4.31 Å². The van der Waals surface area contributed by atoms with Crippen LogP contribution in [0.2, 0.25) is 0 Å². The monoisotopic (exact) mass is 310 g/mol. The molecule has 2 saturated heterocycles. The van der Waals surface area contributed by atoms with Crippen molar-refractivity contribution >= 4 is 21.6 Å². The molecule has 0 aromatic carbocycles. The summed E-state index contributed by atoms with van der Waals surface area (Å²) in [6.07, 6.45) is 0. The van der Waals surface area contributed by atoms with Gasteiger partial charge in [-0.3, -0.25) is 4.90 Å². The lowest BCUT2D eigenvalue weighted by atomic mass is 10.3. The summed E-state index contributed by atoms with van der Waals surface area (Å²) in [5.74, 6) is 0. The van der Waals surface area contributed by atoms with Crippen LogP contribution in [0.1, 0.15) is 0 Å². The number of sulfonamides is 1. The van der Waals surface area contributed by atoms with Crippen molar-refractivity contribution in [3.63, 3.8) is 0 Å². The molecule has 0 bridgehead atoms. The van der Waals surface area contributed by atoms with E-state index in [0.717, 1.165) is 6.54 Å². The molecule has 2 unspecified atom stereocenters. The van der Waals surface area contributed by atoms with Crippen molar-refractivity contribution in [2.75, 3.05) is 53.0 Å². The largest absolute Gasteiger partial charge is 0.379 e. The van der Waals surface area contributed by atoms with E-state index in [9.17, 15) is 8.42 Å². The topological polar surface area (TPSA) is 53.1 Å². The molecule has 0 aromatic rings. The molecule has 0 spiro atoms. The molecule has 2 atom stereocenters. The molecule has 1 radical (unpaired) electrons. The van der Waals surface area contributed by atoms with Crippen molar-refractivity contribution in [1.29, 1.82) is 0 Å². The molecule has 0 aliphatic carbocycles. The first-order valence-electron chi connectivity index (χ1n) is 6.41. The fourth-order valence-corrected chi connectivity index (χ4v) is 4.48. The fraction of sp³-hybridized carbons (Fsp3) is 0.909. The summed E-state index contributed by atoms with van der Waals surface area (Å²) in [5, 5.41) is -0.832. The van der Waals surface area contributed by atoms with Gasteiger partial charge in [0.2, 0.25) is 10.0 Å². The van der Waals surface area contributed by atoms with E-state index in [0.29, 0.717) is 39.4 Å². The van der Waals surface area contributed by atoms with Crippen LogP contribution in [0.5, 0.6) is 0 Å². The number of ether oxygens (including phenoxy) is 1. The highest BCUT2D eigenvalue weighted by molar-refractivity contribution is 7.89. The summed E-state index contributed by atoms with van der Waals surface area (Å²) in [4.78, 5) is 3.84. The third kappa shape index (κ3) is 3.40. The zero-order chi connectivity index (χ0) is 14.0. The van der Waals surface area contributed by atoms with E-state index < -0.39 is 15.4 Å². The summed E-state index contributed by atoms with van der Waals surface area (Å²) >= 11 is 6.25. The van der Waals surface area contributed by atoms with Gasteiger partial charge in [-0.05, 0) is 14.0 Å². The van der Waals surface area contributed by atoms with E-state index >= 15 is 0 Å². The Morgan fingerprint density at radius 3 is 2.47 bits per heavy atom. The normalized spacial score (nSPS) is 30.4. The van der Waals surface area contributed by atoms with Gasteiger partial charge in [-0.25, -0.2) is 8.42 Å². The SMILES string of the molecule is [CH2]C(N1CCN(C)CC1Cl)S(=O)(=O)N1CCOCC1. The Kier molecular flexibility index (Phi) is 5.08. The standard InChI is InChI=1S/C11H21ClN3O3S/c1-10(15-4-3-13(2)9-11(15)12)19(16,17)14-5-7-18-8-6-14/h10-11H,1,3-9H2,2H3. The van der Waals surface area contributed by atoms with E-state index in [1.807, 2.05) is 7.05 Å². The Hall–Kier alpha value is 0.0800. The predicted molar refractivity (Wildman–Crippen MR) is 74.3 cm³/mol. The zero-order valence-electron chi connectivity index (χ0n) is 11.2. The van der Waals surface area contributed by atoms with Crippen molar-refractivity contribution in [3.8, 4) is 0 Å². The second kappa shape index (κ2) is 6.24. The molecule has 0 N–H and O–H groups in total. The Balaban J connectivity index is 2.06. The minimum absolute atomic E-state index is 0.322. The molecule has 2 aliphatic rings. The third-order valence-electron chi connectivity index (χ3n) is 3.61. The lowest BCUT2D eigenvalue weighted by Crippen LogP contribution is -2.57. The number of hydrogen-bond donors (Lipinski definition) is 0. The average Bonchev–Trinajstić information content (AvgIpc) is 2.39. The number of morpholine rings is 1. The summed E-state index contributed by atoms with van der Waals surface area (Å²) < 4.78 is 31.6. The molecule has 0 aromatic heterocycles. The molecule has 8 heteroatoms. The molecule has 2 rings (SSSR count). The minimum atomic E-state index is -3.45. The molecule has 19 heavy (non-hydrogen) atoms. The summed E-state index contributed by atoms with van der Waals surface area (Å²) in [7, 11) is -1.47. The van der Waals surface area contributed by atoms with Crippen molar-refractivity contribution in [1.82, 2.24) is 14.1 Å². The molecule has 0 amide bonds. The van der Waals surface area contributed by atoms with Crippen LogP contribution in [-0.2, 0) is 14.8 Å². The van der Waals surface area contributed by atoms with Crippen molar-refractivity contribution in [3.05, 3.63) is 6.92 Å². The van der Waals surface area contributed by atoms with Gasteiger partial charge in [0.05, 0.1) is 18.7 Å². The van der Waals surface area contributed by atoms with E-state index in [1.54, 1.807) is 4.90 Å². The van der Waals surface area contributed by atoms with Crippen molar-refractivity contribution < 1.29 is 13.2 Å². The van der Waals surface area contributed by atoms with E-state index in [-0.39, 0.29) is 5.50 Å². The number of rotatable bonds is 3. The van der Waals surface area contributed by atoms with Crippen molar-refractivity contribution in [2.24, 2.45) is 0 Å². The molecule has 2 aliphatic heterocycles. The van der Waals surface area contributed by atoms with Gasteiger partial charge < -0.3 is 9.64 Å². The number of hydrogen-bond acceptors (Lipinski definition) is 5. The second-order valence-corrected chi connectivity index (χ2v) is 7.54. The van der Waals surface area contributed by atoms with Gasteiger partial charge >= 0.3 is 0 Å². The van der Waals surface area contributed by atoms with Crippen LogP contribution in [0.15, 0.2) is 0 Å². The van der Waals surface area contributed by atoms with Gasteiger partial charge in [0.15, 0.2) is 0 Å². The van der Waals surface area contributed by atoms with E-state index in [4.69, 9.17) is 16.3 Å². The third-order valence-corrected chi connectivity index (χ3v) is 6.04. The number of halogens is 1. The van der Waals surface area contributed by atoms with Gasteiger partial charge in [-0.1, -0.05) is 0 Å². The zero-order valence-corrected chi connectivity index (χ0v) is 12.7. The number of alkyl halides is 1. The van der Waals surface area contributed by atoms with Crippen molar-refractivity contribution in [2.45, 2.75) is 10.9 Å². The smallest absolute Gasteiger partial charge is 0.230 e. The average molecular weight is 311 g/mol. The first-order valence-corrected chi connectivity index (χ1v) is 8.35. The minimum Gasteiger partial charge on any atom is -0.379 e. The maximum atomic E-state index is 12.5. The van der Waals surface area contributed by atoms with Gasteiger partial charge in [-0.15, -0.1) is 11.6 Å². The fourth-order valence-electron chi connectivity index (χ4n) is 2.35. The van der Waals surface area contributed by atoms with Crippen LogP contribution in [0.4, 0.5) is 0 Å². The van der Waals surface area contributed by atoms with Crippen LogP contribution < -0.4 is 0 Å². The molecule has 0 saturated carbocycles. The van der Waals surface area contributed by atoms with Gasteiger partial charge in [0.25, 0.3) is 0 Å². The molecule has 6 nitrogen and oxygen atoms in total. The first-order chi connectivity index (χ1) is 8.93. The molecule has 2 heterocycles. The van der Waals surface area contributed by atoms with E-state index in [1.165, 1.54) is 4.31 Å². The maximum absolute atomic E-state index is 12.5. The quantitative estimate of drug-likeness (QED) is 0.525. The molecular weight excluding hydrogens is 290 g/mol. The highest BCUT2D eigenvalue weighted by Gasteiger charge is 2.38. The lowest BCUT2D eigenvalue weighted by molar-refractivity contribution is 0.0698.